The fraction of sp³-hybridized carbons (Fsp3) is 0.273. The second kappa shape index (κ2) is 12.1. The van der Waals surface area contributed by atoms with E-state index in [1.165, 1.54) is 45.6 Å². The minimum absolute atomic E-state index is 0.285. The predicted molar refractivity (Wildman–Crippen MR) is 122 cm³/mol. The number of rotatable bonds is 10. The topological polar surface area (TPSA) is 92.3 Å². The van der Waals surface area contributed by atoms with Gasteiger partial charge in [0.25, 0.3) is 5.91 Å². The molecule has 0 aliphatic carbocycles. The van der Waals surface area contributed by atoms with Crippen LogP contribution in [-0.4, -0.2) is 46.4 Å². The van der Waals surface area contributed by atoms with Crippen LogP contribution < -0.4 is 24.3 Å². The lowest BCUT2D eigenvalue weighted by Gasteiger charge is -2.13. The molecule has 0 fully saturated rings. The van der Waals surface area contributed by atoms with Crippen molar-refractivity contribution in [1.29, 1.82) is 0 Å². The van der Waals surface area contributed by atoms with Gasteiger partial charge in [0, 0.05) is 12.1 Å². The number of hydrogen-bond acceptors (Lipinski definition) is 7. The summed E-state index contributed by atoms with van der Waals surface area (Å²) in [4.78, 5) is 24.2. The highest BCUT2D eigenvalue weighted by molar-refractivity contribution is 6.32. The molecule has 0 radical (unpaired) electrons. The van der Waals surface area contributed by atoms with Gasteiger partial charge in [-0.25, -0.2) is 4.79 Å². The van der Waals surface area contributed by atoms with Crippen molar-refractivity contribution in [3.8, 4) is 23.0 Å². The maximum atomic E-state index is 12.2. The smallest absolute Gasteiger partial charge is 0.331 e. The van der Waals surface area contributed by atoms with Crippen LogP contribution in [0.25, 0.3) is 6.08 Å². The fourth-order valence-corrected chi connectivity index (χ4v) is 3.18. The number of ether oxygens (including phenoxy) is 5. The molecule has 0 aliphatic rings. The van der Waals surface area contributed by atoms with Crippen molar-refractivity contribution in [3.05, 3.63) is 46.0 Å². The summed E-state index contributed by atoms with van der Waals surface area (Å²) in [6.07, 6.45) is 2.66. The number of benzene rings is 2. The van der Waals surface area contributed by atoms with Gasteiger partial charge >= 0.3 is 5.97 Å². The Morgan fingerprint density at radius 3 is 2.28 bits per heavy atom. The number of carbonyl (C=O) groups excluding carboxylic acids is 2. The van der Waals surface area contributed by atoms with Crippen molar-refractivity contribution < 1.29 is 33.3 Å². The Morgan fingerprint density at radius 2 is 1.66 bits per heavy atom. The minimum Gasteiger partial charge on any atom is -0.495 e. The third-order valence-electron chi connectivity index (χ3n) is 4.04. The Kier molecular flexibility index (Phi) is 9.49. The minimum atomic E-state index is -0.718. The van der Waals surface area contributed by atoms with E-state index in [9.17, 15) is 9.59 Å². The van der Waals surface area contributed by atoms with Crippen molar-refractivity contribution in [1.82, 2.24) is 0 Å². The number of nitrogens with one attached hydrogen (secondary N) is 1. The Morgan fingerprint density at radius 1 is 0.938 bits per heavy atom. The highest BCUT2D eigenvalue weighted by Crippen LogP contribution is 2.37. The van der Waals surface area contributed by atoms with E-state index in [0.717, 1.165) is 0 Å². The van der Waals surface area contributed by atoms with E-state index in [4.69, 9.17) is 46.9 Å². The van der Waals surface area contributed by atoms with Crippen LogP contribution in [-0.2, 0) is 14.3 Å². The van der Waals surface area contributed by atoms with Crippen LogP contribution >= 0.6 is 23.2 Å². The molecule has 0 spiro atoms. The molecular formula is C22H23Cl2NO7. The van der Waals surface area contributed by atoms with Crippen LogP contribution in [0, 0.1) is 0 Å². The number of halogens is 2. The van der Waals surface area contributed by atoms with E-state index in [1.54, 1.807) is 12.1 Å². The zero-order chi connectivity index (χ0) is 23.7. The van der Waals surface area contributed by atoms with E-state index in [1.807, 2.05) is 6.92 Å². The average Bonchev–Trinajstić information content (AvgIpc) is 2.76. The number of esters is 1. The Bertz CT molecular complexity index is 1010. The standard InChI is InChI=1S/C22H23Cl2NO7/c1-5-31-19-9-13(8-15(24)22(19)30-4)6-7-21(27)32-12-20(26)25-16-10-14(23)17(28-2)11-18(16)29-3/h6-11H,5,12H2,1-4H3,(H,25,26)/b7-6+. The molecule has 32 heavy (non-hydrogen) atoms. The first-order valence-corrected chi connectivity index (χ1v) is 10.1. The van der Waals surface area contributed by atoms with Gasteiger partial charge in [-0.3, -0.25) is 4.79 Å². The van der Waals surface area contributed by atoms with Crippen molar-refractivity contribution in [2.75, 3.05) is 39.9 Å². The molecule has 0 aliphatic heterocycles. The summed E-state index contributed by atoms with van der Waals surface area (Å²) in [5, 5.41) is 3.19. The summed E-state index contributed by atoms with van der Waals surface area (Å²) in [5.41, 5.74) is 0.907. The van der Waals surface area contributed by atoms with Gasteiger partial charge in [-0.2, -0.15) is 0 Å². The lowest BCUT2D eigenvalue weighted by atomic mass is 10.2. The van der Waals surface area contributed by atoms with E-state index in [2.05, 4.69) is 5.32 Å². The molecule has 0 saturated carbocycles. The first kappa shape index (κ1) is 25.2. The summed E-state index contributed by atoms with van der Waals surface area (Å²) in [7, 11) is 4.38. The monoisotopic (exact) mass is 483 g/mol. The van der Waals surface area contributed by atoms with Crippen LogP contribution in [0.15, 0.2) is 30.3 Å². The summed E-state index contributed by atoms with van der Waals surface area (Å²) >= 11 is 12.3. The summed E-state index contributed by atoms with van der Waals surface area (Å²) in [6.45, 7) is 1.73. The second-order valence-corrected chi connectivity index (χ2v) is 6.96. The molecule has 0 atom stereocenters. The molecule has 0 aromatic heterocycles. The number of hydrogen-bond donors (Lipinski definition) is 1. The molecule has 2 rings (SSSR count). The van der Waals surface area contributed by atoms with E-state index >= 15 is 0 Å². The number of methoxy groups -OCH3 is 3. The van der Waals surface area contributed by atoms with Crippen molar-refractivity contribution in [2.45, 2.75) is 6.92 Å². The molecule has 10 heteroatoms. The molecule has 172 valence electrons. The van der Waals surface area contributed by atoms with E-state index in [-0.39, 0.29) is 5.02 Å². The summed E-state index contributed by atoms with van der Waals surface area (Å²) in [5.74, 6) is 0.291. The first-order valence-electron chi connectivity index (χ1n) is 9.39. The van der Waals surface area contributed by atoms with Crippen LogP contribution in [0.3, 0.4) is 0 Å². The molecule has 0 bridgehead atoms. The highest BCUT2D eigenvalue weighted by Gasteiger charge is 2.14. The Balaban J connectivity index is 1.99. The van der Waals surface area contributed by atoms with Crippen LogP contribution in [0.1, 0.15) is 12.5 Å². The molecule has 8 nitrogen and oxygen atoms in total. The largest absolute Gasteiger partial charge is 0.495 e. The normalized spacial score (nSPS) is 10.6. The SMILES string of the molecule is CCOc1cc(/C=C/C(=O)OCC(=O)Nc2cc(Cl)c(OC)cc2OC)cc(Cl)c1OC. The van der Waals surface area contributed by atoms with Gasteiger partial charge in [0.1, 0.15) is 11.5 Å². The van der Waals surface area contributed by atoms with Gasteiger partial charge in [0.15, 0.2) is 18.1 Å². The number of carbonyl (C=O) groups is 2. The third kappa shape index (κ3) is 6.70. The lowest BCUT2D eigenvalue weighted by Crippen LogP contribution is -2.20. The molecule has 2 aromatic carbocycles. The van der Waals surface area contributed by atoms with Gasteiger partial charge < -0.3 is 29.0 Å². The zero-order valence-electron chi connectivity index (χ0n) is 18.0. The van der Waals surface area contributed by atoms with E-state index < -0.39 is 18.5 Å². The fourth-order valence-electron chi connectivity index (χ4n) is 2.64. The number of amides is 1. The van der Waals surface area contributed by atoms with Crippen molar-refractivity contribution in [2.24, 2.45) is 0 Å². The summed E-state index contributed by atoms with van der Waals surface area (Å²) in [6, 6.07) is 6.29. The highest BCUT2D eigenvalue weighted by atomic mass is 35.5. The molecule has 2 aromatic rings. The van der Waals surface area contributed by atoms with Gasteiger partial charge in [-0.15, -0.1) is 0 Å². The summed E-state index contributed by atoms with van der Waals surface area (Å²) < 4.78 is 26.0. The van der Waals surface area contributed by atoms with Gasteiger partial charge in [0.2, 0.25) is 0 Å². The number of anilines is 1. The molecule has 0 heterocycles. The van der Waals surface area contributed by atoms with E-state index in [0.29, 0.717) is 45.9 Å². The molecule has 1 N–H and O–H groups in total. The maximum absolute atomic E-state index is 12.2. The predicted octanol–water partition coefficient (Wildman–Crippen LogP) is 4.61. The third-order valence-corrected chi connectivity index (χ3v) is 4.62. The Labute approximate surface area is 195 Å². The van der Waals surface area contributed by atoms with Crippen LogP contribution in [0.5, 0.6) is 23.0 Å². The maximum Gasteiger partial charge on any atom is 0.331 e. The molecule has 0 saturated heterocycles. The van der Waals surface area contributed by atoms with Crippen LogP contribution in [0.2, 0.25) is 10.0 Å². The quantitative estimate of drug-likeness (QED) is 0.389. The van der Waals surface area contributed by atoms with Gasteiger partial charge in [-0.1, -0.05) is 23.2 Å². The van der Waals surface area contributed by atoms with Gasteiger partial charge in [-0.05, 0) is 36.8 Å². The second-order valence-electron chi connectivity index (χ2n) is 6.14. The van der Waals surface area contributed by atoms with Crippen LogP contribution in [0.4, 0.5) is 5.69 Å². The molecule has 1 amide bonds. The van der Waals surface area contributed by atoms with Gasteiger partial charge in [0.05, 0.1) is 43.7 Å². The molecule has 0 unspecified atom stereocenters. The zero-order valence-corrected chi connectivity index (χ0v) is 19.5. The Hall–Kier alpha value is -3.10. The first-order chi connectivity index (χ1) is 15.3. The lowest BCUT2D eigenvalue weighted by molar-refractivity contribution is -0.142. The van der Waals surface area contributed by atoms with Crippen molar-refractivity contribution >= 4 is 46.8 Å². The van der Waals surface area contributed by atoms with Crippen molar-refractivity contribution in [3.63, 3.8) is 0 Å². The molecular weight excluding hydrogens is 461 g/mol. The average molecular weight is 484 g/mol.